The summed E-state index contributed by atoms with van der Waals surface area (Å²) in [5.74, 6) is 0.913. The van der Waals surface area contributed by atoms with Crippen LogP contribution in [-0.4, -0.2) is 36.5 Å². The topological polar surface area (TPSA) is 78.4 Å². The van der Waals surface area contributed by atoms with Gasteiger partial charge in [0.25, 0.3) is 0 Å². The predicted molar refractivity (Wildman–Crippen MR) is 106 cm³/mol. The summed E-state index contributed by atoms with van der Waals surface area (Å²) in [6.45, 7) is 5.49. The van der Waals surface area contributed by atoms with Gasteiger partial charge in [-0.25, -0.2) is 4.98 Å². The largest absolute Gasteiger partial charge is 0.356 e. The second kappa shape index (κ2) is 10.1. The van der Waals surface area contributed by atoms with Crippen molar-refractivity contribution in [2.24, 2.45) is 4.99 Å². The van der Waals surface area contributed by atoms with Crippen LogP contribution in [0.1, 0.15) is 41.3 Å². The molecule has 130 valence electrons. The molecule has 0 radical (unpaired) electrons. The Kier molecular flexibility index (Phi) is 8.82. The molecule has 8 heteroatoms. The van der Waals surface area contributed by atoms with Crippen LogP contribution in [0.5, 0.6) is 0 Å². The molecule has 1 heterocycles. The quantitative estimate of drug-likeness (QED) is 0.257. The molecule has 1 aromatic rings. The zero-order valence-corrected chi connectivity index (χ0v) is 17.1. The smallest absolute Gasteiger partial charge is 0.220 e. The predicted octanol–water partition coefficient (Wildman–Crippen LogP) is 2.10. The molecule has 0 bridgehead atoms. The van der Waals surface area contributed by atoms with Crippen molar-refractivity contribution in [2.45, 2.75) is 52.1 Å². The Hall–Kier alpha value is -0.900. The van der Waals surface area contributed by atoms with Crippen LogP contribution >= 0.6 is 35.3 Å². The number of carbonyl (C=O) groups excluding carboxylic acids is 1. The number of aliphatic imine (C=N–C) groups is 1. The molecule has 0 atom stereocenters. The Balaban J connectivity index is 0.00000264. The Morgan fingerprint density at radius 3 is 2.65 bits per heavy atom. The molecular formula is C15H26IN5OS. The van der Waals surface area contributed by atoms with E-state index in [1.54, 1.807) is 18.4 Å². The van der Waals surface area contributed by atoms with E-state index in [0.717, 1.165) is 49.0 Å². The maximum atomic E-state index is 11.6. The van der Waals surface area contributed by atoms with Crippen LogP contribution in [0.25, 0.3) is 0 Å². The molecule has 2 rings (SSSR count). The maximum absolute atomic E-state index is 11.6. The van der Waals surface area contributed by atoms with Crippen LogP contribution in [0, 0.1) is 13.8 Å². The van der Waals surface area contributed by atoms with E-state index in [-0.39, 0.29) is 29.9 Å². The average Bonchev–Trinajstić information content (AvgIpc) is 3.22. The van der Waals surface area contributed by atoms with Crippen molar-refractivity contribution in [1.82, 2.24) is 20.9 Å². The van der Waals surface area contributed by atoms with E-state index in [9.17, 15) is 4.79 Å². The first-order valence-electron chi connectivity index (χ1n) is 7.75. The second-order valence-electron chi connectivity index (χ2n) is 5.54. The van der Waals surface area contributed by atoms with Crippen molar-refractivity contribution in [2.75, 3.05) is 13.6 Å². The molecule has 1 aliphatic rings. The number of carbonyl (C=O) groups is 1. The summed E-state index contributed by atoms with van der Waals surface area (Å²) in [6.07, 6.45) is 3.64. The summed E-state index contributed by atoms with van der Waals surface area (Å²) in [5.41, 5.74) is 1.07. The number of hydrogen-bond acceptors (Lipinski definition) is 4. The van der Waals surface area contributed by atoms with Gasteiger partial charge in [-0.05, 0) is 33.1 Å². The second-order valence-corrected chi connectivity index (χ2v) is 6.83. The van der Waals surface area contributed by atoms with Crippen LogP contribution in [0.4, 0.5) is 0 Å². The number of rotatable bonds is 7. The van der Waals surface area contributed by atoms with E-state index in [0.29, 0.717) is 12.5 Å². The number of halogens is 1. The monoisotopic (exact) mass is 451 g/mol. The van der Waals surface area contributed by atoms with Gasteiger partial charge in [0.15, 0.2) is 5.96 Å². The third kappa shape index (κ3) is 7.47. The summed E-state index contributed by atoms with van der Waals surface area (Å²) in [6, 6.07) is 0.445. The standard InChI is InChI=1S/C15H25N5OS.HI/c1-10-13(22-11(2)19-10)9-18-15(16-3)17-8-4-5-14(21)20-12-6-7-12;/h12H,4-9H2,1-3H3,(H,20,21)(H2,16,17,18);1H. The lowest BCUT2D eigenvalue weighted by molar-refractivity contribution is -0.121. The van der Waals surface area contributed by atoms with Gasteiger partial charge in [-0.3, -0.25) is 9.79 Å². The minimum atomic E-state index is 0. The Morgan fingerprint density at radius 1 is 1.35 bits per heavy atom. The van der Waals surface area contributed by atoms with Gasteiger partial charge in [0, 0.05) is 30.9 Å². The van der Waals surface area contributed by atoms with Crippen molar-refractivity contribution in [1.29, 1.82) is 0 Å². The number of guanidine groups is 1. The molecule has 0 aromatic carbocycles. The highest BCUT2D eigenvalue weighted by Crippen LogP contribution is 2.18. The number of nitrogens with zero attached hydrogens (tertiary/aromatic N) is 2. The highest BCUT2D eigenvalue weighted by atomic mass is 127. The molecular weight excluding hydrogens is 425 g/mol. The Bertz CT molecular complexity index is 542. The summed E-state index contributed by atoms with van der Waals surface area (Å²) in [5, 5.41) is 10.6. The lowest BCUT2D eigenvalue weighted by Gasteiger charge is -2.11. The fourth-order valence-corrected chi connectivity index (χ4v) is 2.98. The van der Waals surface area contributed by atoms with Crippen LogP contribution in [0.3, 0.4) is 0 Å². The van der Waals surface area contributed by atoms with E-state index in [1.165, 1.54) is 4.88 Å². The first kappa shape index (κ1) is 20.1. The molecule has 23 heavy (non-hydrogen) atoms. The fourth-order valence-electron chi connectivity index (χ4n) is 2.11. The summed E-state index contributed by atoms with van der Waals surface area (Å²) < 4.78 is 0. The summed E-state index contributed by atoms with van der Waals surface area (Å²) in [4.78, 5) is 21.4. The van der Waals surface area contributed by atoms with Crippen LogP contribution < -0.4 is 16.0 Å². The van der Waals surface area contributed by atoms with E-state index in [2.05, 4.69) is 25.9 Å². The van der Waals surface area contributed by atoms with Gasteiger partial charge in [0.2, 0.25) is 5.91 Å². The molecule has 3 N–H and O–H groups in total. The highest BCUT2D eigenvalue weighted by Gasteiger charge is 2.22. The lowest BCUT2D eigenvalue weighted by atomic mass is 10.3. The van der Waals surface area contributed by atoms with Gasteiger partial charge in [-0.15, -0.1) is 35.3 Å². The van der Waals surface area contributed by atoms with Gasteiger partial charge in [-0.1, -0.05) is 0 Å². The molecule has 0 spiro atoms. The van der Waals surface area contributed by atoms with Gasteiger partial charge < -0.3 is 16.0 Å². The lowest BCUT2D eigenvalue weighted by Crippen LogP contribution is -2.37. The number of amides is 1. The van der Waals surface area contributed by atoms with Gasteiger partial charge in [0.05, 0.1) is 17.2 Å². The number of hydrogen-bond donors (Lipinski definition) is 3. The zero-order chi connectivity index (χ0) is 15.9. The zero-order valence-electron chi connectivity index (χ0n) is 13.9. The van der Waals surface area contributed by atoms with Gasteiger partial charge in [-0.2, -0.15) is 0 Å². The minimum Gasteiger partial charge on any atom is -0.356 e. The number of thiazole rings is 1. The molecule has 0 saturated heterocycles. The van der Waals surface area contributed by atoms with E-state index in [4.69, 9.17) is 0 Å². The molecule has 1 amide bonds. The normalized spacial score (nSPS) is 14.1. The molecule has 1 aliphatic carbocycles. The van der Waals surface area contributed by atoms with Crippen LogP contribution in [0.15, 0.2) is 4.99 Å². The summed E-state index contributed by atoms with van der Waals surface area (Å²) >= 11 is 1.70. The van der Waals surface area contributed by atoms with Crippen molar-refractivity contribution >= 4 is 47.2 Å². The minimum absolute atomic E-state index is 0. The molecule has 0 aliphatic heterocycles. The van der Waals surface area contributed by atoms with Gasteiger partial charge in [0.1, 0.15) is 0 Å². The number of aromatic nitrogens is 1. The fraction of sp³-hybridized carbons (Fsp3) is 0.667. The molecule has 1 saturated carbocycles. The average molecular weight is 451 g/mol. The highest BCUT2D eigenvalue weighted by molar-refractivity contribution is 14.0. The maximum Gasteiger partial charge on any atom is 0.220 e. The molecule has 0 unspecified atom stereocenters. The number of aryl methyl sites for hydroxylation is 2. The van der Waals surface area contributed by atoms with Crippen LogP contribution in [0.2, 0.25) is 0 Å². The summed E-state index contributed by atoms with van der Waals surface area (Å²) in [7, 11) is 1.75. The Morgan fingerprint density at radius 2 is 2.09 bits per heavy atom. The van der Waals surface area contributed by atoms with Crippen LogP contribution in [-0.2, 0) is 11.3 Å². The third-order valence-corrected chi connectivity index (χ3v) is 4.53. The van der Waals surface area contributed by atoms with Gasteiger partial charge >= 0.3 is 0 Å². The Labute approximate surface area is 159 Å². The molecule has 1 aromatic heterocycles. The first-order valence-corrected chi connectivity index (χ1v) is 8.57. The van der Waals surface area contributed by atoms with Crippen molar-refractivity contribution in [3.63, 3.8) is 0 Å². The van der Waals surface area contributed by atoms with E-state index < -0.39 is 0 Å². The van der Waals surface area contributed by atoms with Crippen molar-refractivity contribution in [3.05, 3.63) is 15.6 Å². The first-order chi connectivity index (χ1) is 10.6. The molecule has 6 nitrogen and oxygen atoms in total. The third-order valence-electron chi connectivity index (χ3n) is 3.46. The SMILES string of the molecule is CN=C(NCCCC(=O)NC1CC1)NCc1sc(C)nc1C.I. The van der Waals surface area contributed by atoms with Crippen molar-refractivity contribution < 1.29 is 4.79 Å². The van der Waals surface area contributed by atoms with Crippen molar-refractivity contribution in [3.8, 4) is 0 Å². The molecule has 1 fully saturated rings. The van der Waals surface area contributed by atoms with E-state index in [1.807, 2.05) is 13.8 Å². The van der Waals surface area contributed by atoms with E-state index >= 15 is 0 Å². The number of nitrogens with one attached hydrogen (secondary N) is 3.